The van der Waals surface area contributed by atoms with Crippen molar-refractivity contribution < 1.29 is 27.5 Å². The molecule has 0 heterocycles. The van der Waals surface area contributed by atoms with Gasteiger partial charge in [0.25, 0.3) is 0 Å². The summed E-state index contributed by atoms with van der Waals surface area (Å²) < 4.78 is 50.8. The van der Waals surface area contributed by atoms with Gasteiger partial charge in [0, 0.05) is 6.04 Å². The van der Waals surface area contributed by atoms with Crippen LogP contribution in [0.1, 0.15) is 23.6 Å². The van der Waals surface area contributed by atoms with Gasteiger partial charge < -0.3 is 10.8 Å². The SMILES string of the molecule is NC(CC(=O)O)c1cccc(F)c1C(F)(F)F. The molecule has 1 aromatic rings. The van der Waals surface area contributed by atoms with Crippen molar-refractivity contribution in [3.05, 3.63) is 35.1 Å². The number of hydrogen-bond acceptors (Lipinski definition) is 2. The van der Waals surface area contributed by atoms with Crippen molar-refractivity contribution in [2.45, 2.75) is 18.6 Å². The van der Waals surface area contributed by atoms with Gasteiger partial charge in [-0.15, -0.1) is 0 Å². The predicted molar refractivity (Wildman–Crippen MR) is 50.6 cm³/mol. The van der Waals surface area contributed by atoms with Crippen molar-refractivity contribution in [2.75, 3.05) is 0 Å². The van der Waals surface area contributed by atoms with Crippen LogP contribution in [0.2, 0.25) is 0 Å². The molecule has 94 valence electrons. The Morgan fingerprint density at radius 3 is 2.47 bits per heavy atom. The third-order valence-corrected chi connectivity index (χ3v) is 2.12. The molecule has 0 spiro atoms. The van der Waals surface area contributed by atoms with E-state index < -0.39 is 41.6 Å². The van der Waals surface area contributed by atoms with E-state index in [0.29, 0.717) is 6.07 Å². The molecule has 1 aromatic carbocycles. The fraction of sp³-hybridized carbons (Fsp3) is 0.300. The second kappa shape index (κ2) is 4.70. The molecule has 0 bridgehead atoms. The van der Waals surface area contributed by atoms with Crippen molar-refractivity contribution in [3.63, 3.8) is 0 Å². The maximum absolute atomic E-state index is 13.1. The number of carbonyl (C=O) groups is 1. The van der Waals surface area contributed by atoms with E-state index in [4.69, 9.17) is 10.8 Å². The van der Waals surface area contributed by atoms with Crippen LogP contribution in [0.3, 0.4) is 0 Å². The minimum atomic E-state index is -4.91. The van der Waals surface area contributed by atoms with Crippen LogP contribution in [0.5, 0.6) is 0 Å². The lowest BCUT2D eigenvalue weighted by Crippen LogP contribution is -2.21. The standard InChI is InChI=1S/C10H9F4NO2/c11-6-3-1-2-5(7(15)4-8(16)17)9(6)10(12,13)14/h1-3,7H,4,15H2,(H,16,17). The Bertz CT molecular complexity index is 431. The maximum Gasteiger partial charge on any atom is 0.419 e. The largest absolute Gasteiger partial charge is 0.481 e. The maximum atomic E-state index is 13.1. The minimum absolute atomic E-state index is 0.556. The monoisotopic (exact) mass is 251 g/mol. The summed E-state index contributed by atoms with van der Waals surface area (Å²) in [6, 6.07) is 1.28. The van der Waals surface area contributed by atoms with Crippen LogP contribution in [0.25, 0.3) is 0 Å². The second-order valence-electron chi connectivity index (χ2n) is 3.41. The van der Waals surface area contributed by atoms with Gasteiger partial charge in [0.15, 0.2) is 0 Å². The molecule has 1 rings (SSSR count). The highest BCUT2D eigenvalue weighted by molar-refractivity contribution is 5.68. The highest BCUT2D eigenvalue weighted by Crippen LogP contribution is 2.36. The zero-order valence-electron chi connectivity index (χ0n) is 8.46. The van der Waals surface area contributed by atoms with E-state index >= 15 is 0 Å². The molecule has 0 radical (unpaired) electrons. The average molecular weight is 251 g/mol. The molecule has 0 fully saturated rings. The van der Waals surface area contributed by atoms with Gasteiger partial charge >= 0.3 is 12.1 Å². The number of carboxylic acids is 1. The molecule has 3 N–H and O–H groups in total. The van der Waals surface area contributed by atoms with E-state index in [1.165, 1.54) is 0 Å². The van der Waals surface area contributed by atoms with Gasteiger partial charge in [-0.2, -0.15) is 13.2 Å². The van der Waals surface area contributed by atoms with E-state index in [0.717, 1.165) is 12.1 Å². The number of nitrogens with two attached hydrogens (primary N) is 1. The molecule has 0 saturated carbocycles. The quantitative estimate of drug-likeness (QED) is 0.810. The number of carboxylic acid groups (broad SMARTS) is 1. The summed E-state index contributed by atoms with van der Waals surface area (Å²) in [5, 5.41) is 8.45. The van der Waals surface area contributed by atoms with Crippen molar-refractivity contribution in [1.82, 2.24) is 0 Å². The van der Waals surface area contributed by atoms with Crippen molar-refractivity contribution in [2.24, 2.45) is 5.73 Å². The highest BCUT2D eigenvalue weighted by atomic mass is 19.4. The van der Waals surface area contributed by atoms with Gasteiger partial charge in [0.2, 0.25) is 0 Å². The molecule has 7 heteroatoms. The minimum Gasteiger partial charge on any atom is -0.481 e. The highest BCUT2D eigenvalue weighted by Gasteiger charge is 2.38. The summed E-state index contributed by atoms with van der Waals surface area (Å²) in [5.41, 5.74) is 3.25. The summed E-state index contributed by atoms with van der Waals surface area (Å²) >= 11 is 0. The first kappa shape index (κ1) is 13.4. The molecular weight excluding hydrogens is 242 g/mol. The van der Waals surface area contributed by atoms with E-state index in [1.54, 1.807) is 0 Å². The lowest BCUT2D eigenvalue weighted by atomic mass is 9.98. The van der Waals surface area contributed by atoms with E-state index in [-0.39, 0.29) is 0 Å². The van der Waals surface area contributed by atoms with E-state index in [1.807, 2.05) is 0 Å². The molecule has 1 atom stereocenters. The van der Waals surface area contributed by atoms with Crippen molar-refractivity contribution in [3.8, 4) is 0 Å². The Balaban J connectivity index is 3.24. The van der Waals surface area contributed by atoms with Crippen LogP contribution in [-0.2, 0) is 11.0 Å². The Morgan fingerprint density at radius 1 is 1.41 bits per heavy atom. The van der Waals surface area contributed by atoms with Gasteiger partial charge in [0.05, 0.1) is 12.0 Å². The van der Waals surface area contributed by atoms with Crippen LogP contribution < -0.4 is 5.73 Å². The first-order valence-electron chi connectivity index (χ1n) is 4.56. The van der Waals surface area contributed by atoms with Crippen molar-refractivity contribution >= 4 is 5.97 Å². The second-order valence-corrected chi connectivity index (χ2v) is 3.41. The molecule has 0 aliphatic carbocycles. The number of aliphatic carboxylic acids is 1. The molecule has 0 aliphatic rings. The average Bonchev–Trinajstić information content (AvgIpc) is 2.14. The summed E-state index contributed by atoms with van der Waals surface area (Å²) in [6.07, 6.45) is -5.61. The number of alkyl halides is 3. The molecule has 0 aromatic heterocycles. The Kier molecular flexibility index (Phi) is 3.72. The lowest BCUT2D eigenvalue weighted by molar-refractivity contribution is -0.142. The number of rotatable bonds is 3. The predicted octanol–water partition coefficient (Wildman–Crippen LogP) is 2.32. The van der Waals surface area contributed by atoms with Crippen LogP contribution >= 0.6 is 0 Å². The first-order valence-corrected chi connectivity index (χ1v) is 4.56. The van der Waals surface area contributed by atoms with Crippen LogP contribution in [0, 0.1) is 5.82 Å². The van der Waals surface area contributed by atoms with E-state index in [2.05, 4.69) is 0 Å². The van der Waals surface area contributed by atoms with Crippen LogP contribution in [0.15, 0.2) is 18.2 Å². The van der Waals surface area contributed by atoms with Crippen LogP contribution in [-0.4, -0.2) is 11.1 Å². The Labute approximate surface area is 93.8 Å². The van der Waals surface area contributed by atoms with Crippen molar-refractivity contribution in [1.29, 1.82) is 0 Å². The molecule has 0 saturated heterocycles. The molecule has 0 aliphatic heterocycles. The number of benzene rings is 1. The first-order chi connectivity index (χ1) is 7.73. The molecule has 1 unspecified atom stereocenters. The summed E-state index contributed by atoms with van der Waals surface area (Å²) in [5.74, 6) is -2.81. The topological polar surface area (TPSA) is 63.3 Å². The molecule has 0 amide bonds. The van der Waals surface area contributed by atoms with Gasteiger partial charge in [-0.25, -0.2) is 4.39 Å². The molecule has 3 nitrogen and oxygen atoms in total. The smallest absolute Gasteiger partial charge is 0.419 e. The van der Waals surface area contributed by atoms with Gasteiger partial charge in [0.1, 0.15) is 5.82 Å². The third kappa shape index (κ3) is 3.16. The summed E-state index contributed by atoms with van der Waals surface area (Å²) in [6.45, 7) is 0. The van der Waals surface area contributed by atoms with Crippen LogP contribution in [0.4, 0.5) is 17.6 Å². The molecular formula is C10H9F4NO2. The Morgan fingerprint density at radius 2 is 2.00 bits per heavy atom. The Hall–Kier alpha value is -1.63. The van der Waals surface area contributed by atoms with Gasteiger partial charge in [-0.1, -0.05) is 12.1 Å². The number of halogens is 4. The summed E-state index contributed by atoms with van der Waals surface area (Å²) in [4.78, 5) is 10.4. The zero-order valence-corrected chi connectivity index (χ0v) is 8.46. The molecule has 17 heavy (non-hydrogen) atoms. The third-order valence-electron chi connectivity index (χ3n) is 2.12. The zero-order chi connectivity index (χ0) is 13.2. The number of hydrogen-bond donors (Lipinski definition) is 2. The van der Waals surface area contributed by atoms with Gasteiger partial charge in [-0.05, 0) is 11.6 Å². The fourth-order valence-corrected chi connectivity index (χ4v) is 1.45. The fourth-order valence-electron chi connectivity index (χ4n) is 1.45. The summed E-state index contributed by atoms with van der Waals surface area (Å²) in [7, 11) is 0. The van der Waals surface area contributed by atoms with Gasteiger partial charge in [-0.3, -0.25) is 4.79 Å². The lowest BCUT2D eigenvalue weighted by Gasteiger charge is -2.17. The van der Waals surface area contributed by atoms with E-state index in [9.17, 15) is 22.4 Å². The normalized spacial score (nSPS) is 13.5.